The van der Waals surface area contributed by atoms with E-state index in [0.29, 0.717) is 19.0 Å². The molecule has 108 valence electrons. The van der Waals surface area contributed by atoms with Gasteiger partial charge < -0.3 is 0 Å². The zero-order valence-electron chi connectivity index (χ0n) is 11.9. The smallest absolute Gasteiger partial charge is 0.211 e. The van der Waals surface area contributed by atoms with Crippen LogP contribution in [0.1, 0.15) is 40.0 Å². The lowest BCUT2D eigenvalue weighted by molar-refractivity contribution is 0.183. The van der Waals surface area contributed by atoms with Gasteiger partial charge in [0.1, 0.15) is 0 Å². The quantitative estimate of drug-likeness (QED) is 0.592. The summed E-state index contributed by atoms with van der Waals surface area (Å²) in [5, 5.41) is 0. The first-order valence-corrected chi connectivity index (χ1v) is 8.40. The fraction of sp³-hybridized carbons (Fsp3) is 1.00. The zero-order valence-corrected chi connectivity index (χ0v) is 12.8. The summed E-state index contributed by atoms with van der Waals surface area (Å²) in [6.45, 7) is 7.73. The molecule has 1 aliphatic rings. The van der Waals surface area contributed by atoms with E-state index in [0.717, 1.165) is 19.3 Å². The van der Waals surface area contributed by atoms with E-state index in [2.05, 4.69) is 26.2 Å². The largest absolute Gasteiger partial charge is 0.271 e. The number of rotatable bonds is 4. The van der Waals surface area contributed by atoms with Crippen molar-refractivity contribution >= 4 is 10.0 Å². The molecule has 3 N–H and O–H groups in total. The molecule has 0 aromatic carbocycles. The predicted molar refractivity (Wildman–Crippen MR) is 74.3 cm³/mol. The first kappa shape index (κ1) is 15.9. The number of hydrogen-bond acceptors (Lipinski definition) is 4. The van der Waals surface area contributed by atoms with Crippen LogP contribution >= 0.6 is 0 Å². The Bertz CT molecular complexity index is 362. The Morgan fingerprint density at radius 1 is 1.44 bits per heavy atom. The first-order valence-electron chi connectivity index (χ1n) is 6.56. The highest BCUT2D eigenvalue weighted by molar-refractivity contribution is 7.88. The Hall–Kier alpha value is -0.170. The van der Waals surface area contributed by atoms with Gasteiger partial charge in [-0.25, -0.2) is 12.7 Å². The van der Waals surface area contributed by atoms with Gasteiger partial charge >= 0.3 is 0 Å². The van der Waals surface area contributed by atoms with Crippen LogP contribution in [0.3, 0.4) is 0 Å². The third-order valence-corrected chi connectivity index (χ3v) is 5.04. The topological polar surface area (TPSA) is 75.4 Å². The van der Waals surface area contributed by atoms with Crippen LogP contribution in [0.5, 0.6) is 0 Å². The van der Waals surface area contributed by atoms with Crippen molar-refractivity contribution in [2.45, 2.75) is 46.1 Å². The Balaban J connectivity index is 2.63. The molecular formula is C12H27N3O2S. The summed E-state index contributed by atoms with van der Waals surface area (Å²) in [4.78, 5) is 0. The molecule has 1 heterocycles. The first-order chi connectivity index (χ1) is 8.14. The van der Waals surface area contributed by atoms with E-state index in [1.54, 1.807) is 4.31 Å². The van der Waals surface area contributed by atoms with Gasteiger partial charge in [0.25, 0.3) is 0 Å². The summed E-state index contributed by atoms with van der Waals surface area (Å²) in [5.41, 5.74) is 2.96. The van der Waals surface area contributed by atoms with Crippen molar-refractivity contribution in [3.8, 4) is 0 Å². The molecule has 0 aliphatic carbocycles. The summed E-state index contributed by atoms with van der Waals surface area (Å²) >= 11 is 0. The second-order valence-corrected chi connectivity index (χ2v) is 8.43. The van der Waals surface area contributed by atoms with Crippen molar-refractivity contribution in [1.29, 1.82) is 0 Å². The van der Waals surface area contributed by atoms with Gasteiger partial charge in [-0.3, -0.25) is 11.3 Å². The molecule has 0 amide bonds. The number of nitrogens with one attached hydrogen (secondary N) is 1. The monoisotopic (exact) mass is 277 g/mol. The second-order valence-electron chi connectivity index (χ2n) is 6.45. The lowest BCUT2D eigenvalue weighted by Crippen LogP contribution is -2.48. The van der Waals surface area contributed by atoms with Crippen LogP contribution < -0.4 is 11.3 Å². The third kappa shape index (κ3) is 4.50. The summed E-state index contributed by atoms with van der Waals surface area (Å²) in [6, 6.07) is 0.210. The molecule has 2 unspecified atom stereocenters. The molecule has 1 rings (SSSR count). The van der Waals surface area contributed by atoms with Crippen LogP contribution in [0.25, 0.3) is 0 Å². The highest BCUT2D eigenvalue weighted by Crippen LogP contribution is 2.29. The van der Waals surface area contributed by atoms with Crippen molar-refractivity contribution in [2.75, 3.05) is 19.3 Å². The molecule has 1 saturated heterocycles. The number of piperidine rings is 1. The minimum absolute atomic E-state index is 0.0854. The Labute approximate surface area is 111 Å². The lowest BCUT2D eigenvalue weighted by atomic mass is 9.80. The summed E-state index contributed by atoms with van der Waals surface area (Å²) in [6.07, 6.45) is 4.24. The molecule has 0 aromatic heterocycles. The molecule has 0 spiro atoms. The van der Waals surface area contributed by atoms with E-state index < -0.39 is 10.0 Å². The van der Waals surface area contributed by atoms with Crippen LogP contribution in [-0.4, -0.2) is 38.1 Å². The summed E-state index contributed by atoms with van der Waals surface area (Å²) in [7, 11) is -3.06. The van der Waals surface area contributed by atoms with Gasteiger partial charge in [0.15, 0.2) is 0 Å². The highest BCUT2D eigenvalue weighted by atomic mass is 32.2. The van der Waals surface area contributed by atoms with Crippen molar-refractivity contribution in [3.05, 3.63) is 0 Å². The standard InChI is InChI=1S/C12H27N3O2S/c1-12(2,3)11(14-13)8-10-6-5-7-15(9-10)18(4,16)17/h10-11,14H,5-9,13H2,1-4H3. The molecular weight excluding hydrogens is 250 g/mol. The van der Waals surface area contributed by atoms with Crippen molar-refractivity contribution in [3.63, 3.8) is 0 Å². The van der Waals surface area contributed by atoms with Gasteiger partial charge in [-0.05, 0) is 30.6 Å². The van der Waals surface area contributed by atoms with Gasteiger partial charge in [0.2, 0.25) is 10.0 Å². The van der Waals surface area contributed by atoms with Gasteiger partial charge in [-0.2, -0.15) is 0 Å². The number of sulfonamides is 1. The van der Waals surface area contributed by atoms with E-state index in [-0.39, 0.29) is 11.5 Å². The van der Waals surface area contributed by atoms with E-state index >= 15 is 0 Å². The van der Waals surface area contributed by atoms with Gasteiger partial charge in [0, 0.05) is 19.1 Å². The number of hydrogen-bond donors (Lipinski definition) is 2. The van der Waals surface area contributed by atoms with E-state index in [4.69, 9.17) is 5.84 Å². The predicted octanol–water partition coefficient (Wildman–Crippen LogP) is 0.926. The molecule has 6 heteroatoms. The molecule has 0 aromatic rings. The molecule has 0 radical (unpaired) electrons. The minimum atomic E-state index is -3.06. The maximum absolute atomic E-state index is 11.6. The minimum Gasteiger partial charge on any atom is -0.271 e. The highest BCUT2D eigenvalue weighted by Gasteiger charge is 2.31. The van der Waals surface area contributed by atoms with Crippen LogP contribution in [-0.2, 0) is 10.0 Å². The van der Waals surface area contributed by atoms with Crippen molar-refractivity contribution in [2.24, 2.45) is 17.2 Å². The number of nitrogens with two attached hydrogens (primary N) is 1. The molecule has 18 heavy (non-hydrogen) atoms. The second kappa shape index (κ2) is 5.86. The third-order valence-electron chi connectivity index (χ3n) is 3.77. The fourth-order valence-electron chi connectivity index (χ4n) is 2.53. The van der Waals surface area contributed by atoms with Crippen LogP contribution in [0.4, 0.5) is 0 Å². The Kier molecular flexibility index (Phi) is 5.17. The van der Waals surface area contributed by atoms with Crippen LogP contribution in [0.2, 0.25) is 0 Å². The lowest BCUT2D eigenvalue weighted by Gasteiger charge is -2.37. The Morgan fingerprint density at radius 3 is 2.50 bits per heavy atom. The van der Waals surface area contributed by atoms with E-state index in [9.17, 15) is 8.42 Å². The SMILES string of the molecule is CC(C)(C)C(CC1CCCN(S(C)(=O)=O)C1)NN. The molecule has 0 saturated carbocycles. The van der Waals surface area contributed by atoms with Crippen molar-refractivity contribution < 1.29 is 8.42 Å². The van der Waals surface area contributed by atoms with E-state index in [1.165, 1.54) is 6.26 Å². The summed E-state index contributed by atoms with van der Waals surface area (Å²) in [5.74, 6) is 6.01. The maximum atomic E-state index is 11.6. The van der Waals surface area contributed by atoms with Gasteiger partial charge in [-0.15, -0.1) is 0 Å². The average molecular weight is 277 g/mol. The molecule has 1 fully saturated rings. The summed E-state index contributed by atoms with van der Waals surface area (Å²) < 4.78 is 24.7. The normalized spacial score (nSPS) is 25.1. The molecule has 2 atom stereocenters. The number of hydrazine groups is 1. The van der Waals surface area contributed by atoms with Crippen molar-refractivity contribution in [1.82, 2.24) is 9.73 Å². The van der Waals surface area contributed by atoms with Crippen LogP contribution in [0.15, 0.2) is 0 Å². The fourth-order valence-corrected chi connectivity index (χ4v) is 3.47. The Morgan fingerprint density at radius 2 is 2.06 bits per heavy atom. The average Bonchev–Trinajstić information content (AvgIpc) is 2.23. The molecule has 0 bridgehead atoms. The maximum Gasteiger partial charge on any atom is 0.211 e. The van der Waals surface area contributed by atoms with Gasteiger partial charge in [-0.1, -0.05) is 20.8 Å². The van der Waals surface area contributed by atoms with E-state index in [1.807, 2.05) is 0 Å². The zero-order chi connectivity index (χ0) is 14.0. The van der Waals surface area contributed by atoms with Gasteiger partial charge in [0.05, 0.1) is 6.26 Å². The van der Waals surface area contributed by atoms with Crippen LogP contribution in [0, 0.1) is 11.3 Å². The molecule has 1 aliphatic heterocycles. The number of nitrogens with zero attached hydrogens (tertiary/aromatic N) is 1. The molecule has 5 nitrogen and oxygen atoms in total.